The molecule has 1 saturated heterocycles. The fourth-order valence-electron chi connectivity index (χ4n) is 3.04. The van der Waals surface area contributed by atoms with Gasteiger partial charge in [-0.25, -0.2) is 0 Å². The summed E-state index contributed by atoms with van der Waals surface area (Å²) in [5.41, 5.74) is 7.49. The summed E-state index contributed by atoms with van der Waals surface area (Å²) >= 11 is 0. The third-order valence-electron chi connectivity index (χ3n) is 4.64. The van der Waals surface area contributed by atoms with Gasteiger partial charge in [0.2, 0.25) is 0 Å². The monoisotopic (exact) mass is 369 g/mol. The minimum Gasteiger partial charge on any atom is -0.493 e. The third-order valence-corrected chi connectivity index (χ3v) is 4.64. The number of hydrogen-bond acceptors (Lipinski definition) is 6. The molecule has 6 heteroatoms. The SMILES string of the molecule is COc1ccc(CN/N=C(/C)c2ccc(N3CCOCC3)cc2)cc1OC. The van der Waals surface area contributed by atoms with Crippen LogP contribution in [0.1, 0.15) is 18.1 Å². The van der Waals surface area contributed by atoms with Gasteiger partial charge >= 0.3 is 0 Å². The third kappa shape index (κ3) is 4.92. The second-order valence-electron chi connectivity index (χ2n) is 6.37. The van der Waals surface area contributed by atoms with Crippen molar-refractivity contribution in [2.75, 3.05) is 45.4 Å². The van der Waals surface area contributed by atoms with Crippen molar-refractivity contribution in [3.8, 4) is 11.5 Å². The second-order valence-corrected chi connectivity index (χ2v) is 6.37. The first-order chi connectivity index (χ1) is 13.2. The highest BCUT2D eigenvalue weighted by Crippen LogP contribution is 2.27. The molecule has 0 aromatic heterocycles. The molecule has 1 heterocycles. The highest BCUT2D eigenvalue weighted by molar-refractivity contribution is 5.98. The van der Waals surface area contributed by atoms with Crippen molar-refractivity contribution in [2.45, 2.75) is 13.5 Å². The lowest BCUT2D eigenvalue weighted by Crippen LogP contribution is -2.36. The van der Waals surface area contributed by atoms with Gasteiger partial charge in [0, 0.05) is 18.8 Å². The van der Waals surface area contributed by atoms with Crippen LogP contribution in [0.15, 0.2) is 47.6 Å². The quantitative estimate of drug-likeness (QED) is 0.600. The molecule has 0 spiro atoms. The van der Waals surface area contributed by atoms with Gasteiger partial charge in [-0.3, -0.25) is 0 Å². The number of ether oxygens (including phenoxy) is 3. The van der Waals surface area contributed by atoms with Crippen LogP contribution in [-0.2, 0) is 11.3 Å². The molecule has 2 aromatic carbocycles. The van der Waals surface area contributed by atoms with E-state index in [0.717, 1.165) is 54.6 Å². The lowest BCUT2D eigenvalue weighted by molar-refractivity contribution is 0.122. The van der Waals surface area contributed by atoms with Gasteiger partial charge in [-0.2, -0.15) is 5.10 Å². The molecule has 0 radical (unpaired) electrons. The van der Waals surface area contributed by atoms with Crippen LogP contribution >= 0.6 is 0 Å². The van der Waals surface area contributed by atoms with Gasteiger partial charge in [0.25, 0.3) is 0 Å². The van der Waals surface area contributed by atoms with Crippen molar-refractivity contribution in [3.05, 3.63) is 53.6 Å². The van der Waals surface area contributed by atoms with Crippen molar-refractivity contribution < 1.29 is 14.2 Å². The number of nitrogens with zero attached hydrogens (tertiary/aromatic N) is 2. The molecule has 27 heavy (non-hydrogen) atoms. The van der Waals surface area contributed by atoms with E-state index in [1.165, 1.54) is 5.69 Å². The maximum atomic E-state index is 5.41. The lowest BCUT2D eigenvalue weighted by Gasteiger charge is -2.28. The van der Waals surface area contributed by atoms with E-state index in [0.29, 0.717) is 6.54 Å². The Morgan fingerprint density at radius 2 is 1.74 bits per heavy atom. The number of methoxy groups -OCH3 is 2. The number of hydrogen-bond donors (Lipinski definition) is 1. The fourth-order valence-corrected chi connectivity index (χ4v) is 3.04. The summed E-state index contributed by atoms with van der Waals surface area (Å²) in [6.45, 7) is 6.10. The van der Waals surface area contributed by atoms with Gasteiger partial charge in [0.1, 0.15) is 0 Å². The molecule has 1 N–H and O–H groups in total. The second kappa shape index (κ2) is 9.28. The molecule has 0 amide bonds. The van der Waals surface area contributed by atoms with Crippen LogP contribution in [0.2, 0.25) is 0 Å². The summed E-state index contributed by atoms with van der Waals surface area (Å²) in [6.07, 6.45) is 0. The molecule has 1 aliphatic rings. The number of anilines is 1. The van der Waals surface area contributed by atoms with Crippen LogP contribution in [0.5, 0.6) is 11.5 Å². The Balaban J connectivity index is 1.59. The van der Waals surface area contributed by atoms with Crippen molar-refractivity contribution in [2.24, 2.45) is 5.10 Å². The predicted octanol–water partition coefficient (Wildman–Crippen LogP) is 3.05. The van der Waals surface area contributed by atoms with Crippen LogP contribution in [0, 0.1) is 0 Å². The van der Waals surface area contributed by atoms with Crippen LogP contribution in [0.4, 0.5) is 5.69 Å². The average Bonchev–Trinajstić information content (AvgIpc) is 2.74. The van der Waals surface area contributed by atoms with Crippen LogP contribution in [-0.4, -0.2) is 46.2 Å². The lowest BCUT2D eigenvalue weighted by atomic mass is 10.1. The molecular formula is C21H27N3O3. The maximum absolute atomic E-state index is 5.41. The van der Waals surface area contributed by atoms with Gasteiger partial charge in [-0.15, -0.1) is 0 Å². The number of benzene rings is 2. The highest BCUT2D eigenvalue weighted by atomic mass is 16.5. The Bertz CT molecular complexity index is 769. The van der Waals surface area contributed by atoms with E-state index >= 15 is 0 Å². The van der Waals surface area contributed by atoms with Crippen LogP contribution < -0.4 is 19.8 Å². The number of nitrogens with one attached hydrogen (secondary N) is 1. The standard InChI is InChI=1S/C21H27N3O3/c1-16(18-5-7-19(8-6-18)24-10-12-27-13-11-24)23-22-15-17-4-9-20(25-2)21(14-17)26-3/h4-9,14,22H,10-13,15H2,1-3H3/b23-16-. The van der Waals surface area contributed by atoms with E-state index < -0.39 is 0 Å². The van der Waals surface area contributed by atoms with E-state index in [1.807, 2.05) is 25.1 Å². The molecule has 1 fully saturated rings. The molecule has 0 bridgehead atoms. The minimum absolute atomic E-state index is 0.615. The Morgan fingerprint density at radius 1 is 1.04 bits per heavy atom. The molecule has 0 atom stereocenters. The molecule has 0 aliphatic carbocycles. The summed E-state index contributed by atoms with van der Waals surface area (Å²) in [4.78, 5) is 2.34. The van der Waals surface area contributed by atoms with Crippen molar-refractivity contribution in [3.63, 3.8) is 0 Å². The van der Waals surface area contributed by atoms with Gasteiger partial charge in [0.15, 0.2) is 11.5 Å². The van der Waals surface area contributed by atoms with E-state index in [4.69, 9.17) is 14.2 Å². The van der Waals surface area contributed by atoms with E-state index in [2.05, 4.69) is 39.7 Å². The first-order valence-corrected chi connectivity index (χ1v) is 9.12. The van der Waals surface area contributed by atoms with Crippen molar-refractivity contribution >= 4 is 11.4 Å². The summed E-state index contributed by atoms with van der Waals surface area (Å²) in [5.74, 6) is 1.44. The summed E-state index contributed by atoms with van der Waals surface area (Å²) in [6, 6.07) is 14.4. The first-order valence-electron chi connectivity index (χ1n) is 9.12. The predicted molar refractivity (Wildman–Crippen MR) is 108 cm³/mol. The average molecular weight is 369 g/mol. The van der Waals surface area contributed by atoms with Gasteiger partial charge in [-0.05, 0) is 42.3 Å². The molecule has 0 saturated carbocycles. The molecule has 1 aliphatic heterocycles. The van der Waals surface area contributed by atoms with E-state index in [9.17, 15) is 0 Å². The molecule has 6 nitrogen and oxygen atoms in total. The normalized spacial score (nSPS) is 14.8. The van der Waals surface area contributed by atoms with Crippen LogP contribution in [0.3, 0.4) is 0 Å². The fraction of sp³-hybridized carbons (Fsp3) is 0.381. The molecule has 2 aromatic rings. The Labute approximate surface area is 160 Å². The van der Waals surface area contributed by atoms with E-state index in [-0.39, 0.29) is 0 Å². The Hall–Kier alpha value is -2.73. The van der Waals surface area contributed by atoms with Crippen LogP contribution in [0.25, 0.3) is 0 Å². The summed E-state index contributed by atoms with van der Waals surface area (Å²) in [5, 5.41) is 4.49. The maximum Gasteiger partial charge on any atom is 0.161 e. The van der Waals surface area contributed by atoms with Gasteiger partial charge in [0.05, 0.1) is 39.7 Å². The largest absolute Gasteiger partial charge is 0.493 e. The highest BCUT2D eigenvalue weighted by Gasteiger charge is 2.11. The molecule has 144 valence electrons. The van der Waals surface area contributed by atoms with Gasteiger partial charge in [-0.1, -0.05) is 18.2 Å². The zero-order chi connectivity index (χ0) is 19.1. The Morgan fingerprint density at radius 3 is 2.41 bits per heavy atom. The number of rotatable bonds is 7. The number of morpholine rings is 1. The smallest absolute Gasteiger partial charge is 0.161 e. The summed E-state index contributed by atoms with van der Waals surface area (Å²) < 4.78 is 16.0. The summed E-state index contributed by atoms with van der Waals surface area (Å²) in [7, 11) is 3.27. The van der Waals surface area contributed by atoms with E-state index in [1.54, 1.807) is 14.2 Å². The topological polar surface area (TPSA) is 55.3 Å². The Kier molecular flexibility index (Phi) is 6.54. The number of hydrazone groups is 1. The van der Waals surface area contributed by atoms with Gasteiger partial charge < -0.3 is 24.5 Å². The molecular weight excluding hydrogens is 342 g/mol. The first kappa shape index (κ1) is 19.0. The zero-order valence-electron chi connectivity index (χ0n) is 16.2. The zero-order valence-corrected chi connectivity index (χ0v) is 16.2. The van der Waals surface area contributed by atoms with Crippen molar-refractivity contribution in [1.29, 1.82) is 0 Å². The molecule has 0 unspecified atom stereocenters. The molecule has 3 rings (SSSR count). The minimum atomic E-state index is 0.615. The van der Waals surface area contributed by atoms with Crippen molar-refractivity contribution in [1.82, 2.24) is 5.43 Å².